The lowest BCUT2D eigenvalue weighted by Crippen LogP contribution is -2.42. The highest BCUT2D eigenvalue weighted by Crippen LogP contribution is 2.33. The van der Waals surface area contributed by atoms with Crippen LogP contribution in [0, 0.1) is 5.82 Å². The van der Waals surface area contributed by atoms with E-state index in [0.29, 0.717) is 13.0 Å². The van der Waals surface area contributed by atoms with E-state index in [1.807, 2.05) is 0 Å². The predicted molar refractivity (Wildman–Crippen MR) is 83.6 cm³/mol. The van der Waals surface area contributed by atoms with E-state index in [-0.39, 0.29) is 16.5 Å². The standard InChI is InChI=1S/C16H18ClF3N2O2/c1-21-6-5-13(16(21)24)22(2)14(23)8-11(15(19)20)10-4-3-9(18)7-12(10)17/h3-4,7,11,13,15H,5-6,8H2,1-2H3. The third-order valence-electron chi connectivity index (χ3n) is 4.32. The summed E-state index contributed by atoms with van der Waals surface area (Å²) in [7, 11) is 3.06. The topological polar surface area (TPSA) is 40.6 Å². The van der Waals surface area contributed by atoms with Crippen molar-refractivity contribution in [1.29, 1.82) is 0 Å². The van der Waals surface area contributed by atoms with Gasteiger partial charge in [0.25, 0.3) is 0 Å². The summed E-state index contributed by atoms with van der Waals surface area (Å²) in [5, 5.41) is -0.146. The van der Waals surface area contributed by atoms with E-state index in [2.05, 4.69) is 0 Å². The Balaban J connectivity index is 2.15. The molecule has 0 bridgehead atoms. The average Bonchev–Trinajstić information content (AvgIpc) is 2.84. The lowest BCUT2D eigenvalue weighted by atomic mass is 9.95. The lowest BCUT2D eigenvalue weighted by Gasteiger charge is -2.26. The van der Waals surface area contributed by atoms with Gasteiger partial charge < -0.3 is 9.80 Å². The van der Waals surface area contributed by atoms with Gasteiger partial charge in [0.1, 0.15) is 11.9 Å². The van der Waals surface area contributed by atoms with Crippen molar-refractivity contribution in [2.24, 2.45) is 0 Å². The van der Waals surface area contributed by atoms with Crippen LogP contribution in [0.1, 0.15) is 24.3 Å². The Kier molecular flexibility index (Phi) is 5.74. The normalized spacial score (nSPS) is 19.0. The number of likely N-dealkylation sites (N-methyl/N-ethyl adjacent to an activating group) is 2. The number of alkyl halides is 2. The number of nitrogens with zero attached hydrogens (tertiary/aromatic N) is 2. The molecule has 2 amide bonds. The van der Waals surface area contributed by atoms with E-state index in [1.165, 1.54) is 16.8 Å². The van der Waals surface area contributed by atoms with Crippen molar-refractivity contribution in [3.63, 3.8) is 0 Å². The maximum absolute atomic E-state index is 13.4. The molecule has 132 valence electrons. The molecule has 2 rings (SSSR count). The van der Waals surface area contributed by atoms with E-state index in [1.54, 1.807) is 7.05 Å². The first-order valence-electron chi connectivity index (χ1n) is 7.46. The van der Waals surface area contributed by atoms with Gasteiger partial charge in [-0.25, -0.2) is 13.2 Å². The van der Waals surface area contributed by atoms with Crippen LogP contribution < -0.4 is 0 Å². The van der Waals surface area contributed by atoms with Crippen molar-refractivity contribution in [1.82, 2.24) is 9.80 Å². The second kappa shape index (κ2) is 7.42. The number of hydrogen-bond donors (Lipinski definition) is 0. The van der Waals surface area contributed by atoms with E-state index in [9.17, 15) is 22.8 Å². The average molecular weight is 363 g/mol. The second-order valence-electron chi connectivity index (χ2n) is 5.88. The molecule has 2 atom stereocenters. The van der Waals surface area contributed by atoms with E-state index < -0.39 is 36.5 Å². The molecule has 24 heavy (non-hydrogen) atoms. The fraction of sp³-hybridized carbons (Fsp3) is 0.500. The van der Waals surface area contributed by atoms with Gasteiger partial charge in [0.05, 0.1) is 5.92 Å². The van der Waals surface area contributed by atoms with Crippen molar-refractivity contribution in [3.8, 4) is 0 Å². The molecular formula is C16H18ClF3N2O2. The summed E-state index contributed by atoms with van der Waals surface area (Å²) < 4.78 is 39.9. The Labute approximate surface area is 143 Å². The van der Waals surface area contributed by atoms with Crippen LogP contribution in [-0.2, 0) is 9.59 Å². The summed E-state index contributed by atoms with van der Waals surface area (Å²) in [6, 6.07) is 2.50. The third-order valence-corrected chi connectivity index (χ3v) is 4.65. The molecular weight excluding hydrogens is 345 g/mol. The molecule has 0 aliphatic carbocycles. The van der Waals surface area contributed by atoms with Crippen LogP contribution in [-0.4, -0.2) is 54.7 Å². The Morgan fingerprint density at radius 3 is 2.62 bits per heavy atom. The molecule has 2 unspecified atom stereocenters. The van der Waals surface area contributed by atoms with Gasteiger partial charge in [0.15, 0.2) is 0 Å². The Morgan fingerprint density at radius 1 is 1.46 bits per heavy atom. The molecule has 4 nitrogen and oxygen atoms in total. The molecule has 0 saturated carbocycles. The Morgan fingerprint density at radius 2 is 2.12 bits per heavy atom. The summed E-state index contributed by atoms with van der Waals surface area (Å²) >= 11 is 5.84. The highest BCUT2D eigenvalue weighted by atomic mass is 35.5. The van der Waals surface area contributed by atoms with Gasteiger partial charge in [-0.2, -0.15) is 0 Å². The zero-order chi connectivity index (χ0) is 18.0. The zero-order valence-corrected chi connectivity index (χ0v) is 14.1. The number of carbonyl (C=O) groups excluding carboxylic acids is 2. The predicted octanol–water partition coefficient (Wildman–Crippen LogP) is 2.91. The molecule has 1 aliphatic heterocycles. The van der Waals surface area contributed by atoms with Gasteiger partial charge in [-0.1, -0.05) is 17.7 Å². The summed E-state index contributed by atoms with van der Waals surface area (Å²) in [6.07, 6.45) is -2.88. The van der Waals surface area contributed by atoms with Crippen LogP contribution in [0.3, 0.4) is 0 Å². The van der Waals surface area contributed by atoms with Crippen molar-refractivity contribution >= 4 is 23.4 Å². The van der Waals surface area contributed by atoms with Crippen LogP contribution >= 0.6 is 11.6 Å². The summed E-state index contributed by atoms with van der Waals surface area (Å²) in [5.41, 5.74) is 0.0182. The number of likely N-dealkylation sites (tertiary alicyclic amines) is 1. The van der Waals surface area contributed by atoms with Gasteiger partial charge in [0.2, 0.25) is 18.2 Å². The molecule has 1 fully saturated rings. The molecule has 8 heteroatoms. The van der Waals surface area contributed by atoms with Crippen LogP contribution in [0.25, 0.3) is 0 Å². The Bertz CT molecular complexity index is 642. The summed E-state index contributed by atoms with van der Waals surface area (Å²) in [6.45, 7) is 0.517. The van der Waals surface area contributed by atoms with Crippen molar-refractivity contribution in [2.45, 2.75) is 31.2 Å². The number of rotatable bonds is 5. The second-order valence-corrected chi connectivity index (χ2v) is 6.29. The third kappa shape index (κ3) is 3.83. The first kappa shape index (κ1) is 18.6. The quantitative estimate of drug-likeness (QED) is 0.808. The SMILES string of the molecule is CN1CCC(N(C)C(=O)CC(c2ccc(F)cc2Cl)C(F)F)C1=O. The van der Waals surface area contributed by atoms with Crippen molar-refractivity contribution in [3.05, 3.63) is 34.6 Å². The molecule has 1 aromatic rings. The fourth-order valence-corrected chi connectivity index (χ4v) is 3.11. The maximum Gasteiger partial charge on any atom is 0.245 e. The van der Waals surface area contributed by atoms with E-state index >= 15 is 0 Å². The molecule has 1 saturated heterocycles. The minimum absolute atomic E-state index is 0.0182. The van der Waals surface area contributed by atoms with Gasteiger partial charge >= 0.3 is 0 Å². The van der Waals surface area contributed by atoms with E-state index in [0.717, 1.165) is 18.2 Å². The largest absolute Gasteiger partial charge is 0.344 e. The first-order chi connectivity index (χ1) is 11.2. The van der Waals surface area contributed by atoms with Crippen molar-refractivity contribution < 1.29 is 22.8 Å². The number of halogens is 4. The van der Waals surface area contributed by atoms with Gasteiger partial charge in [0, 0.05) is 32.1 Å². The van der Waals surface area contributed by atoms with Crippen LogP contribution in [0.5, 0.6) is 0 Å². The Hall–Kier alpha value is -1.76. The molecule has 0 spiro atoms. The highest BCUT2D eigenvalue weighted by molar-refractivity contribution is 6.31. The van der Waals surface area contributed by atoms with Crippen molar-refractivity contribution in [2.75, 3.05) is 20.6 Å². The van der Waals surface area contributed by atoms with Gasteiger partial charge in [-0.15, -0.1) is 0 Å². The van der Waals surface area contributed by atoms with Crippen LogP contribution in [0.2, 0.25) is 5.02 Å². The van der Waals surface area contributed by atoms with E-state index in [4.69, 9.17) is 11.6 Å². The minimum atomic E-state index is -2.84. The summed E-state index contributed by atoms with van der Waals surface area (Å²) in [5.74, 6) is -2.88. The number of benzene rings is 1. The first-order valence-corrected chi connectivity index (χ1v) is 7.84. The van der Waals surface area contributed by atoms with Crippen LogP contribution in [0.15, 0.2) is 18.2 Å². The maximum atomic E-state index is 13.4. The van der Waals surface area contributed by atoms with Gasteiger partial charge in [-0.3, -0.25) is 9.59 Å². The van der Waals surface area contributed by atoms with Crippen LogP contribution in [0.4, 0.5) is 13.2 Å². The monoisotopic (exact) mass is 362 g/mol. The fourth-order valence-electron chi connectivity index (χ4n) is 2.81. The zero-order valence-electron chi connectivity index (χ0n) is 13.3. The summed E-state index contributed by atoms with van der Waals surface area (Å²) in [4.78, 5) is 27.0. The highest BCUT2D eigenvalue weighted by Gasteiger charge is 2.36. The lowest BCUT2D eigenvalue weighted by molar-refractivity contribution is -0.140. The molecule has 1 heterocycles. The van der Waals surface area contributed by atoms with Gasteiger partial charge in [-0.05, 0) is 24.1 Å². The molecule has 1 aliphatic rings. The number of amides is 2. The number of hydrogen-bond acceptors (Lipinski definition) is 2. The smallest absolute Gasteiger partial charge is 0.245 e. The molecule has 0 N–H and O–H groups in total. The minimum Gasteiger partial charge on any atom is -0.344 e. The molecule has 0 aromatic heterocycles. The number of carbonyl (C=O) groups is 2. The molecule has 0 radical (unpaired) electrons. The molecule has 1 aromatic carbocycles.